The Bertz CT molecular complexity index is 849. The molecule has 8 nitrogen and oxygen atoms in total. The maximum atomic E-state index is 12.2. The number of aromatic nitrogens is 1. The van der Waals surface area contributed by atoms with Crippen LogP contribution in [0.4, 0.5) is 11.5 Å². The first-order valence-electron chi connectivity index (χ1n) is 8.14. The number of thioether (sulfide) groups is 1. The van der Waals surface area contributed by atoms with Crippen molar-refractivity contribution >= 4 is 41.1 Å². The minimum atomic E-state index is -0.478. The number of esters is 1. The van der Waals surface area contributed by atoms with Gasteiger partial charge >= 0.3 is 5.97 Å². The van der Waals surface area contributed by atoms with Gasteiger partial charge in [0, 0.05) is 11.8 Å². The van der Waals surface area contributed by atoms with Gasteiger partial charge in [-0.15, -0.1) is 11.8 Å². The van der Waals surface area contributed by atoms with Gasteiger partial charge < -0.3 is 19.9 Å². The van der Waals surface area contributed by atoms with Gasteiger partial charge in [-0.1, -0.05) is 11.2 Å². The lowest BCUT2D eigenvalue weighted by Gasteiger charge is -2.12. The third kappa shape index (κ3) is 5.85. The fourth-order valence-electron chi connectivity index (χ4n) is 2.12. The maximum absolute atomic E-state index is 12.2. The van der Waals surface area contributed by atoms with Crippen LogP contribution < -0.4 is 10.6 Å². The van der Waals surface area contributed by atoms with Crippen molar-refractivity contribution in [1.82, 2.24) is 5.16 Å². The SMILES string of the molecule is COC(=O)c1ccc(C)c(NC(=O)CS[C@@H](C)C(=O)Nc2cc(C)on2)c1. The summed E-state index contributed by atoms with van der Waals surface area (Å²) in [5.74, 6) is -0.0200. The van der Waals surface area contributed by atoms with E-state index in [0.717, 1.165) is 5.56 Å². The first kappa shape index (κ1) is 20.5. The molecule has 0 unspecified atom stereocenters. The second kappa shape index (κ2) is 9.22. The molecule has 1 aromatic carbocycles. The molecule has 0 aliphatic rings. The highest BCUT2D eigenvalue weighted by Gasteiger charge is 2.17. The molecule has 0 spiro atoms. The van der Waals surface area contributed by atoms with Crippen LogP contribution in [0.5, 0.6) is 0 Å². The molecular formula is C18H21N3O5S. The fourth-order valence-corrected chi connectivity index (χ4v) is 2.80. The molecule has 0 radical (unpaired) electrons. The number of ether oxygens (including phenoxy) is 1. The molecule has 0 saturated carbocycles. The van der Waals surface area contributed by atoms with E-state index in [2.05, 4.69) is 20.5 Å². The van der Waals surface area contributed by atoms with Gasteiger partial charge in [-0.05, 0) is 38.5 Å². The van der Waals surface area contributed by atoms with E-state index >= 15 is 0 Å². The van der Waals surface area contributed by atoms with Crippen molar-refractivity contribution in [3.8, 4) is 0 Å². The van der Waals surface area contributed by atoms with E-state index in [4.69, 9.17) is 4.52 Å². The van der Waals surface area contributed by atoms with Crippen molar-refractivity contribution in [2.24, 2.45) is 0 Å². The number of aryl methyl sites for hydroxylation is 2. The van der Waals surface area contributed by atoms with E-state index in [1.165, 1.54) is 18.9 Å². The number of methoxy groups -OCH3 is 1. The lowest BCUT2D eigenvalue weighted by Crippen LogP contribution is -2.25. The van der Waals surface area contributed by atoms with Crippen LogP contribution in [-0.2, 0) is 14.3 Å². The van der Waals surface area contributed by atoms with Crippen LogP contribution in [-0.4, -0.2) is 41.1 Å². The average Bonchev–Trinajstić information content (AvgIpc) is 3.05. The average molecular weight is 391 g/mol. The molecule has 0 aliphatic carbocycles. The number of nitrogens with one attached hydrogen (secondary N) is 2. The quantitative estimate of drug-likeness (QED) is 0.698. The van der Waals surface area contributed by atoms with Crippen LogP contribution in [0.1, 0.15) is 28.6 Å². The number of nitrogens with zero attached hydrogens (tertiary/aromatic N) is 1. The van der Waals surface area contributed by atoms with Gasteiger partial charge in [0.05, 0.1) is 23.7 Å². The Morgan fingerprint density at radius 2 is 1.96 bits per heavy atom. The highest BCUT2D eigenvalue weighted by Crippen LogP contribution is 2.19. The molecule has 0 bridgehead atoms. The molecule has 9 heteroatoms. The normalized spacial score (nSPS) is 11.6. The molecule has 2 N–H and O–H groups in total. The van der Waals surface area contributed by atoms with Crippen LogP contribution in [0.25, 0.3) is 0 Å². The second-order valence-corrected chi connectivity index (χ2v) is 7.16. The number of anilines is 2. The van der Waals surface area contributed by atoms with E-state index in [0.29, 0.717) is 22.8 Å². The molecule has 2 rings (SSSR count). The van der Waals surface area contributed by atoms with E-state index in [9.17, 15) is 14.4 Å². The Morgan fingerprint density at radius 1 is 1.22 bits per heavy atom. The summed E-state index contributed by atoms with van der Waals surface area (Å²) in [6.45, 7) is 5.24. The topological polar surface area (TPSA) is 111 Å². The van der Waals surface area contributed by atoms with Gasteiger partial charge in [0.15, 0.2) is 5.82 Å². The van der Waals surface area contributed by atoms with Gasteiger partial charge in [0.25, 0.3) is 0 Å². The predicted octanol–water partition coefficient (Wildman–Crippen LogP) is 2.78. The number of rotatable bonds is 7. The molecule has 2 aromatic rings. The van der Waals surface area contributed by atoms with E-state index < -0.39 is 11.2 Å². The minimum Gasteiger partial charge on any atom is -0.465 e. The van der Waals surface area contributed by atoms with Gasteiger partial charge in [-0.25, -0.2) is 4.79 Å². The summed E-state index contributed by atoms with van der Waals surface area (Å²) in [5.41, 5.74) is 1.69. The largest absolute Gasteiger partial charge is 0.465 e. The Kier molecular flexibility index (Phi) is 7.00. The van der Waals surface area contributed by atoms with Crippen LogP contribution in [0, 0.1) is 13.8 Å². The van der Waals surface area contributed by atoms with Crippen LogP contribution >= 0.6 is 11.8 Å². The minimum absolute atomic E-state index is 0.0777. The molecule has 0 aliphatic heterocycles. The number of carbonyl (C=O) groups excluding carboxylic acids is 3. The predicted molar refractivity (Wildman–Crippen MR) is 103 cm³/mol. The molecule has 2 amide bonds. The van der Waals surface area contributed by atoms with Crippen LogP contribution in [0.2, 0.25) is 0 Å². The van der Waals surface area contributed by atoms with E-state index in [-0.39, 0.29) is 17.6 Å². The second-order valence-electron chi connectivity index (χ2n) is 5.83. The Morgan fingerprint density at radius 3 is 2.59 bits per heavy atom. The van der Waals surface area contributed by atoms with Crippen LogP contribution in [0.3, 0.4) is 0 Å². The lowest BCUT2D eigenvalue weighted by molar-refractivity contribution is -0.115. The molecule has 1 atom stereocenters. The summed E-state index contributed by atoms with van der Waals surface area (Å²) in [6.07, 6.45) is 0. The summed E-state index contributed by atoms with van der Waals surface area (Å²) >= 11 is 1.18. The zero-order valence-electron chi connectivity index (χ0n) is 15.5. The van der Waals surface area contributed by atoms with Gasteiger partial charge in [0.2, 0.25) is 11.8 Å². The molecule has 27 heavy (non-hydrogen) atoms. The fraction of sp³-hybridized carbons (Fsp3) is 0.333. The number of hydrogen-bond donors (Lipinski definition) is 2. The van der Waals surface area contributed by atoms with Gasteiger partial charge in [-0.3, -0.25) is 9.59 Å². The van der Waals surface area contributed by atoms with Gasteiger partial charge in [0.1, 0.15) is 5.76 Å². The standard InChI is InChI=1S/C18H21N3O5S/c1-10-5-6-13(18(24)25-4)8-14(10)19-16(22)9-27-12(3)17(23)20-15-7-11(2)26-21-15/h5-8,12H,9H2,1-4H3,(H,19,22)(H,20,21,23)/t12-/m0/s1. The zero-order chi connectivity index (χ0) is 20.0. The molecule has 1 heterocycles. The summed E-state index contributed by atoms with van der Waals surface area (Å²) in [5, 5.41) is 8.61. The molecular weight excluding hydrogens is 370 g/mol. The van der Waals surface area contributed by atoms with E-state index in [1.54, 1.807) is 38.1 Å². The summed E-state index contributed by atoms with van der Waals surface area (Å²) in [7, 11) is 1.30. The number of amides is 2. The highest BCUT2D eigenvalue weighted by molar-refractivity contribution is 8.01. The summed E-state index contributed by atoms with van der Waals surface area (Å²) in [6, 6.07) is 6.53. The first-order chi connectivity index (χ1) is 12.8. The van der Waals surface area contributed by atoms with Crippen molar-refractivity contribution in [2.45, 2.75) is 26.0 Å². The summed E-state index contributed by atoms with van der Waals surface area (Å²) in [4.78, 5) is 35.9. The highest BCUT2D eigenvalue weighted by atomic mass is 32.2. The monoisotopic (exact) mass is 391 g/mol. The lowest BCUT2D eigenvalue weighted by atomic mass is 10.1. The molecule has 0 saturated heterocycles. The summed E-state index contributed by atoms with van der Waals surface area (Å²) < 4.78 is 9.57. The van der Waals surface area contributed by atoms with Crippen molar-refractivity contribution in [1.29, 1.82) is 0 Å². The third-order valence-corrected chi connectivity index (χ3v) is 4.79. The Labute approximate surface area is 161 Å². The number of carbonyl (C=O) groups is 3. The van der Waals surface area contributed by atoms with Crippen molar-refractivity contribution in [2.75, 3.05) is 23.5 Å². The van der Waals surface area contributed by atoms with E-state index in [1.807, 2.05) is 6.92 Å². The van der Waals surface area contributed by atoms with Crippen LogP contribution in [0.15, 0.2) is 28.8 Å². The number of benzene rings is 1. The Hall–Kier alpha value is -2.81. The molecule has 0 fully saturated rings. The molecule has 1 aromatic heterocycles. The third-order valence-electron chi connectivity index (χ3n) is 3.65. The van der Waals surface area contributed by atoms with Gasteiger partial charge in [-0.2, -0.15) is 0 Å². The molecule has 144 valence electrons. The van der Waals surface area contributed by atoms with Crippen molar-refractivity contribution < 1.29 is 23.6 Å². The zero-order valence-corrected chi connectivity index (χ0v) is 16.3. The van der Waals surface area contributed by atoms with Crippen molar-refractivity contribution in [3.63, 3.8) is 0 Å². The number of hydrogen-bond acceptors (Lipinski definition) is 7. The van der Waals surface area contributed by atoms with Crippen molar-refractivity contribution in [3.05, 3.63) is 41.2 Å². The smallest absolute Gasteiger partial charge is 0.337 e. The Balaban J connectivity index is 1.88. The maximum Gasteiger partial charge on any atom is 0.337 e. The first-order valence-corrected chi connectivity index (χ1v) is 9.19.